The van der Waals surface area contributed by atoms with Gasteiger partial charge in [0.15, 0.2) is 0 Å². The van der Waals surface area contributed by atoms with Crippen LogP contribution in [0.15, 0.2) is 0 Å². The number of nitrogens with two attached hydrogens (primary N) is 1. The maximum absolute atomic E-state index is 10.6. The molecule has 19 heavy (non-hydrogen) atoms. The fourth-order valence-electron chi connectivity index (χ4n) is 1.88. The minimum absolute atomic E-state index is 0.560. The molecule has 1 saturated carbocycles. The third-order valence-corrected chi connectivity index (χ3v) is 2.87. The van der Waals surface area contributed by atoms with Crippen LogP contribution in [-0.2, 0) is 9.59 Å². The third-order valence-electron chi connectivity index (χ3n) is 2.87. The van der Waals surface area contributed by atoms with Crippen LogP contribution in [0.5, 0.6) is 0 Å². The third kappa shape index (κ3) is 8.41. The van der Waals surface area contributed by atoms with Gasteiger partial charge in [-0.3, -0.25) is 4.79 Å². The summed E-state index contributed by atoms with van der Waals surface area (Å²) in [5.41, 5.74) is 5.45. The minimum atomic E-state index is -5.08. The molecule has 0 heterocycles. The Labute approximate surface area is 108 Å². The Balaban J connectivity index is 0.000000399. The molecule has 4 N–H and O–H groups in total. The van der Waals surface area contributed by atoms with Crippen LogP contribution in [-0.4, -0.2) is 34.4 Å². The smallest absolute Gasteiger partial charge is 0.480 e. The highest BCUT2D eigenvalue weighted by atomic mass is 19.4. The van der Waals surface area contributed by atoms with Crippen molar-refractivity contribution < 1.29 is 33.0 Å². The minimum Gasteiger partial charge on any atom is -0.480 e. The van der Waals surface area contributed by atoms with E-state index in [0.717, 1.165) is 0 Å². The molecule has 0 aromatic carbocycles. The van der Waals surface area contributed by atoms with Gasteiger partial charge in [0.2, 0.25) is 0 Å². The second-order valence-electron chi connectivity index (χ2n) is 4.49. The van der Waals surface area contributed by atoms with Crippen molar-refractivity contribution in [2.24, 2.45) is 11.7 Å². The highest BCUT2D eigenvalue weighted by Crippen LogP contribution is 2.26. The molecule has 0 aromatic heterocycles. The first kappa shape index (κ1) is 17.7. The highest BCUT2D eigenvalue weighted by molar-refractivity contribution is 5.73. The van der Waals surface area contributed by atoms with E-state index in [4.69, 9.17) is 20.7 Å². The zero-order chi connectivity index (χ0) is 15.1. The second-order valence-corrected chi connectivity index (χ2v) is 4.49. The van der Waals surface area contributed by atoms with E-state index >= 15 is 0 Å². The summed E-state index contributed by atoms with van der Waals surface area (Å²) < 4.78 is 31.7. The van der Waals surface area contributed by atoms with Gasteiger partial charge in [0.05, 0.1) is 0 Å². The van der Waals surface area contributed by atoms with Gasteiger partial charge in [0.25, 0.3) is 0 Å². The van der Waals surface area contributed by atoms with E-state index in [9.17, 15) is 18.0 Å². The average Bonchev–Trinajstić information content (AvgIpc) is 2.29. The van der Waals surface area contributed by atoms with Crippen molar-refractivity contribution in [1.29, 1.82) is 0 Å². The fourth-order valence-corrected chi connectivity index (χ4v) is 1.88. The van der Waals surface area contributed by atoms with Crippen LogP contribution in [0.4, 0.5) is 13.2 Å². The normalized spacial score (nSPS) is 18.1. The van der Waals surface area contributed by atoms with E-state index in [0.29, 0.717) is 12.3 Å². The molecule has 1 rings (SSSR count). The van der Waals surface area contributed by atoms with Crippen LogP contribution >= 0.6 is 0 Å². The van der Waals surface area contributed by atoms with E-state index in [-0.39, 0.29) is 0 Å². The van der Waals surface area contributed by atoms with Gasteiger partial charge in [-0.15, -0.1) is 0 Å². The summed E-state index contributed by atoms with van der Waals surface area (Å²) in [5.74, 6) is -3.06. The summed E-state index contributed by atoms with van der Waals surface area (Å²) in [5, 5.41) is 15.7. The van der Waals surface area contributed by atoms with Gasteiger partial charge < -0.3 is 15.9 Å². The molecule has 0 amide bonds. The van der Waals surface area contributed by atoms with Crippen LogP contribution < -0.4 is 5.73 Å². The number of carboxylic acid groups (broad SMARTS) is 2. The lowest BCUT2D eigenvalue weighted by molar-refractivity contribution is -0.192. The van der Waals surface area contributed by atoms with E-state index in [2.05, 4.69) is 0 Å². The zero-order valence-corrected chi connectivity index (χ0v) is 10.3. The molecule has 1 atom stereocenters. The maximum Gasteiger partial charge on any atom is 0.490 e. The molecule has 1 aliphatic carbocycles. The summed E-state index contributed by atoms with van der Waals surface area (Å²) in [6, 6.07) is -0.645. The zero-order valence-electron chi connectivity index (χ0n) is 10.3. The highest BCUT2D eigenvalue weighted by Gasteiger charge is 2.38. The first-order chi connectivity index (χ1) is 8.64. The summed E-state index contributed by atoms with van der Waals surface area (Å²) in [6.45, 7) is 0. The summed E-state index contributed by atoms with van der Waals surface area (Å²) in [7, 11) is 0. The number of halogens is 3. The Morgan fingerprint density at radius 2 is 1.58 bits per heavy atom. The number of alkyl halides is 3. The molecular formula is C11H18F3NO4. The molecule has 0 bridgehead atoms. The topological polar surface area (TPSA) is 101 Å². The number of hydrogen-bond acceptors (Lipinski definition) is 3. The lowest BCUT2D eigenvalue weighted by Gasteiger charge is -2.22. The van der Waals surface area contributed by atoms with Gasteiger partial charge in [-0.05, 0) is 12.3 Å². The van der Waals surface area contributed by atoms with Crippen LogP contribution in [0.1, 0.15) is 38.5 Å². The van der Waals surface area contributed by atoms with Crippen molar-refractivity contribution in [3.63, 3.8) is 0 Å². The first-order valence-electron chi connectivity index (χ1n) is 5.93. The number of carboxylic acids is 2. The van der Waals surface area contributed by atoms with Crippen molar-refractivity contribution in [3.8, 4) is 0 Å². The van der Waals surface area contributed by atoms with Crippen molar-refractivity contribution in [1.82, 2.24) is 0 Å². The van der Waals surface area contributed by atoms with Crippen LogP contribution in [0.3, 0.4) is 0 Å². The molecule has 8 heteroatoms. The van der Waals surface area contributed by atoms with Gasteiger partial charge in [0.1, 0.15) is 6.04 Å². The van der Waals surface area contributed by atoms with Gasteiger partial charge in [0, 0.05) is 0 Å². The Hall–Kier alpha value is -1.31. The predicted molar refractivity (Wildman–Crippen MR) is 60.5 cm³/mol. The molecule has 1 aliphatic rings. The SMILES string of the molecule is N[C@H](CC1CCCCC1)C(=O)O.O=C(O)C(F)(F)F. The number of rotatable bonds is 3. The lowest BCUT2D eigenvalue weighted by atomic mass is 9.85. The van der Waals surface area contributed by atoms with Crippen molar-refractivity contribution in [2.75, 3.05) is 0 Å². The Bertz CT molecular complexity index is 301. The quantitative estimate of drug-likeness (QED) is 0.736. The number of aliphatic carboxylic acids is 2. The molecule has 5 nitrogen and oxygen atoms in total. The van der Waals surface area contributed by atoms with E-state index in [1.165, 1.54) is 32.1 Å². The number of carbonyl (C=O) groups is 2. The molecule has 112 valence electrons. The van der Waals surface area contributed by atoms with Gasteiger partial charge in [-0.1, -0.05) is 32.1 Å². The van der Waals surface area contributed by atoms with E-state index in [1.807, 2.05) is 0 Å². The van der Waals surface area contributed by atoms with E-state index < -0.39 is 24.2 Å². The van der Waals surface area contributed by atoms with Gasteiger partial charge in [-0.2, -0.15) is 13.2 Å². The number of hydrogen-bond donors (Lipinski definition) is 3. The summed E-state index contributed by atoms with van der Waals surface area (Å²) in [6.07, 6.45) is 1.71. The van der Waals surface area contributed by atoms with Crippen LogP contribution in [0.25, 0.3) is 0 Å². The molecule has 1 fully saturated rings. The first-order valence-corrected chi connectivity index (χ1v) is 5.93. The Morgan fingerprint density at radius 3 is 1.89 bits per heavy atom. The molecular weight excluding hydrogens is 267 g/mol. The predicted octanol–water partition coefficient (Wildman–Crippen LogP) is 2.00. The second kappa shape index (κ2) is 7.98. The largest absolute Gasteiger partial charge is 0.490 e. The maximum atomic E-state index is 10.6. The van der Waals surface area contributed by atoms with Crippen molar-refractivity contribution in [3.05, 3.63) is 0 Å². The molecule has 0 aliphatic heterocycles. The molecule has 0 unspecified atom stereocenters. The van der Waals surface area contributed by atoms with Crippen molar-refractivity contribution in [2.45, 2.75) is 50.7 Å². The molecule has 0 radical (unpaired) electrons. The van der Waals surface area contributed by atoms with E-state index in [1.54, 1.807) is 0 Å². The standard InChI is InChI=1S/C9H17NO2.C2HF3O2/c10-8(9(11)12)6-7-4-2-1-3-5-7;3-2(4,5)1(6)7/h7-8H,1-6,10H2,(H,11,12);(H,6,7)/t8-;/m1./s1. The van der Waals surface area contributed by atoms with Crippen LogP contribution in [0, 0.1) is 5.92 Å². The average molecular weight is 285 g/mol. The van der Waals surface area contributed by atoms with Gasteiger partial charge >= 0.3 is 18.1 Å². The Morgan fingerprint density at radius 1 is 1.16 bits per heavy atom. The Kier molecular flexibility index (Phi) is 7.43. The van der Waals surface area contributed by atoms with Crippen molar-refractivity contribution >= 4 is 11.9 Å². The lowest BCUT2D eigenvalue weighted by Crippen LogP contribution is -2.32. The molecule has 0 aromatic rings. The summed E-state index contributed by atoms with van der Waals surface area (Å²) >= 11 is 0. The molecule has 0 spiro atoms. The molecule has 0 saturated heterocycles. The van der Waals surface area contributed by atoms with Crippen LogP contribution in [0.2, 0.25) is 0 Å². The monoisotopic (exact) mass is 285 g/mol. The van der Waals surface area contributed by atoms with Gasteiger partial charge in [-0.25, -0.2) is 4.79 Å². The fraction of sp³-hybridized carbons (Fsp3) is 0.818. The summed E-state index contributed by atoms with van der Waals surface area (Å²) in [4.78, 5) is 19.3.